The Kier molecular flexibility index (Phi) is 8.21. The first kappa shape index (κ1) is 24.5. The summed E-state index contributed by atoms with van der Waals surface area (Å²) in [5.41, 5.74) is 5.08. The second kappa shape index (κ2) is 11.7. The van der Waals surface area contributed by atoms with Crippen LogP contribution in [0, 0.1) is 0 Å². The van der Waals surface area contributed by atoms with Crippen molar-refractivity contribution in [2.75, 3.05) is 17.7 Å². The maximum Gasteiger partial charge on any atom is 0.234 e. The normalized spacial score (nSPS) is 10.8. The number of aromatic nitrogens is 3. The summed E-state index contributed by atoms with van der Waals surface area (Å²) in [5, 5.41) is 12.7. The second-order valence-electron chi connectivity index (χ2n) is 7.93. The van der Waals surface area contributed by atoms with Gasteiger partial charge in [-0.15, -0.1) is 10.2 Å². The SMILES string of the molecule is CCOc1ccc(-n2c(SCC(=O)Nc3c(CC)cccc3CC)nnc2-c2ccccc2)cc1. The van der Waals surface area contributed by atoms with Crippen molar-refractivity contribution in [3.8, 4) is 22.8 Å². The van der Waals surface area contributed by atoms with E-state index in [1.54, 1.807) is 0 Å². The number of thioether (sulfide) groups is 1. The molecule has 0 aliphatic rings. The zero-order valence-electron chi connectivity index (χ0n) is 20.3. The molecule has 0 aliphatic carbocycles. The monoisotopic (exact) mass is 486 g/mol. The maximum absolute atomic E-state index is 13.0. The lowest BCUT2D eigenvalue weighted by Gasteiger charge is -2.14. The maximum atomic E-state index is 13.0. The molecule has 7 heteroatoms. The molecule has 35 heavy (non-hydrogen) atoms. The summed E-state index contributed by atoms with van der Waals surface area (Å²) in [6, 6.07) is 23.9. The fourth-order valence-corrected chi connectivity index (χ4v) is 4.69. The Morgan fingerprint density at radius 1 is 0.886 bits per heavy atom. The zero-order chi connectivity index (χ0) is 24.6. The molecule has 4 rings (SSSR count). The van der Waals surface area contributed by atoms with Crippen LogP contribution >= 0.6 is 11.8 Å². The molecule has 4 aromatic rings. The van der Waals surface area contributed by atoms with Gasteiger partial charge >= 0.3 is 0 Å². The number of amides is 1. The van der Waals surface area contributed by atoms with E-state index in [-0.39, 0.29) is 11.7 Å². The summed E-state index contributed by atoms with van der Waals surface area (Å²) in [4.78, 5) is 13.0. The first-order valence-electron chi connectivity index (χ1n) is 11.9. The number of nitrogens with one attached hydrogen (secondary N) is 1. The van der Waals surface area contributed by atoms with Crippen LogP contribution in [0.1, 0.15) is 31.9 Å². The molecule has 0 unspecified atom stereocenters. The Labute approximate surface area is 210 Å². The minimum atomic E-state index is -0.0619. The van der Waals surface area contributed by atoms with E-state index in [1.165, 1.54) is 11.8 Å². The molecule has 0 spiro atoms. The number of benzene rings is 3. The predicted octanol–water partition coefficient (Wildman–Crippen LogP) is 6.19. The number of rotatable bonds is 10. The highest BCUT2D eigenvalue weighted by Gasteiger charge is 2.18. The van der Waals surface area contributed by atoms with Crippen LogP contribution in [0.15, 0.2) is 78.0 Å². The quantitative estimate of drug-likeness (QED) is 0.271. The third-order valence-corrected chi connectivity index (χ3v) is 6.60. The number of hydrogen-bond acceptors (Lipinski definition) is 5. The molecular formula is C28H30N4O2S. The Balaban J connectivity index is 1.60. The molecule has 0 saturated carbocycles. The first-order valence-corrected chi connectivity index (χ1v) is 12.9. The van der Waals surface area contributed by atoms with Gasteiger partial charge in [0, 0.05) is 16.9 Å². The van der Waals surface area contributed by atoms with Crippen molar-refractivity contribution in [3.63, 3.8) is 0 Å². The van der Waals surface area contributed by atoms with E-state index in [0.29, 0.717) is 11.8 Å². The number of anilines is 1. The minimum Gasteiger partial charge on any atom is -0.494 e. The van der Waals surface area contributed by atoms with E-state index in [1.807, 2.05) is 72.2 Å². The molecule has 1 aromatic heterocycles. The summed E-state index contributed by atoms with van der Waals surface area (Å²) < 4.78 is 7.58. The van der Waals surface area contributed by atoms with E-state index in [9.17, 15) is 4.79 Å². The van der Waals surface area contributed by atoms with Crippen molar-refractivity contribution < 1.29 is 9.53 Å². The van der Waals surface area contributed by atoms with Gasteiger partial charge in [-0.05, 0) is 55.2 Å². The van der Waals surface area contributed by atoms with Gasteiger partial charge < -0.3 is 10.1 Å². The highest BCUT2D eigenvalue weighted by Crippen LogP contribution is 2.29. The fraction of sp³-hybridized carbons (Fsp3) is 0.250. The largest absolute Gasteiger partial charge is 0.494 e. The standard InChI is InChI=1S/C28H30N4O2S/c1-4-20-13-10-14-21(5-2)26(20)29-25(33)19-35-28-31-30-27(22-11-8-7-9-12-22)32(28)23-15-17-24(18-16-23)34-6-3/h7-18H,4-6,19H2,1-3H3,(H,29,33). The van der Waals surface area contributed by atoms with Gasteiger partial charge in [-0.2, -0.15) is 0 Å². The van der Waals surface area contributed by atoms with Crippen LogP contribution in [0.5, 0.6) is 5.75 Å². The Bertz CT molecular complexity index is 1250. The van der Waals surface area contributed by atoms with E-state index >= 15 is 0 Å². The average molecular weight is 487 g/mol. The molecule has 0 bridgehead atoms. The second-order valence-corrected chi connectivity index (χ2v) is 8.87. The lowest BCUT2D eigenvalue weighted by molar-refractivity contribution is -0.113. The van der Waals surface area contributed by atoms with Gasteiger partial charge in [0.2, 0.25) is 5.91 Å². The molecule has 1 amide bonds. The summed E-state index contributed by atoms with van der Waals surface area (Å²) in [6.45, 7) is 6.77. The molecule has 0 radical (unpaired) electrons. The lowest BCUT2D eigenvalue weighted by Crippen LogP contribution is -2.17. The van der Waals surface area contributed by atoms with Crippen molar-refractivity contribution in [2.45, 2.75) is 38.8 Å². The van der Waals surface area contributed by atoms with Crippen LogP contribution in [-0.2, 0) is 17.6 Å². The number of carbonyl (C=O) groups excluding carboxylic acids is 1. The highest BCUT2D eigenvalue weighted by atomic mass is 32.2. The highest BCUT2D eigenvalue weighted by molar-refractivity contribution is 7.99. The van der Waals surface area contributed by atoms with Crippen molar-refractivity contribution in [3.05, 3.63) is 83.9 Å². The summed E-state index contributed by atoms with van der Waals surface area (Å²) in [7, 11) is 0. The van der Waals surface area contributed by atoms with Crippen LogP contribution in [0.4, 0.5) is 5.69 Å². The topological polar surface area (TPSA) is 69.0 Å². The van der Waals surface area contributed by atoms with Crippen molar-refractivity contribution in [1.29, 1.82) is 0 Å². The fourth-order valence-electron chi connectivity index (χ4n) is 3.94. The third-order valence-electron chi connectivity index (χ3n) is 5.67. The van der Waals surface area contributed by atoms with Crippen LogP contribution < -0.4 is 10.1 Å². The first-order chi connectivity index (χ1) is 17.1. The van der Waals surface area contributed by atoms with E-state index in [2.05, 4.69) is 41.5 Å². The average Bonchev–Trinajstić information content (AvgIpc) is 3.32. The molecule has 0 fully saturated rings. The Morgan fingerprint density at radius 3 is 2.20 bits per heavy atom. The molecule has 3 aromatic carbocycles. The van der Waals surface area contributed by atoms with Crippen LogP contribution in [-0.4, -0.2) is 33.0 Å². The molecule has 0 atom stereocenters. The molecule has 1 heterocycles. The van der Waals surface area contributed by atoms with Crippen LogP contribution in [0.25, 0.3) is 17.1 Å². The molecule has 0 aliphatic heterocycles. The molecule has 0 saturated heterocycles. The van der Waals surface area contributed by atoms with Gasteiger partial charge in [-0.25, -0.2) is 0 Å². The van der Waals surface area contributed by atoms with E-state index in [0.717, 1.165) is 52.5 Å². The minimum absolute atomic E-state index is 0.0619. The zero-order valence-corrected chi connectivity index (χ0v) is 21.1. The molecule has 6 nitrogen and oxygen atoms in total. The summed E-state index contributed by atoms with van der Waals surface area (Å²) in [5.74, 6) is 1.70. The van der Waals surface area contributed by atoms with Crippen LogP contribution in [0.3, 0.4) is 0 Å². The van der Waals surface area contributed by atoms with Gasteiger partial charge in [0.05, 0.1) is 12.4 Å². The Morgan fingerprint density at radius 2 is 1.57 bits per heavy atom. The molecule has 1 N–H and O–H groups in total. The number of carbonyl (C=O) groups is 1. The van der Waals surface area contributed by atoms with Crippen molar-refractivity contribution in [2.24, 2.45) is 0 Å². The molecule has 180 valence electrons. The number of hydrogen-bond donors (Lipinski definition) is 1. The summed E-state index contributed by atoms with van der Waals surface area (Å²) in [6.07, 6.45) is 1.73. The van der Waals surface area contributed by atoms with Gasteiger partial charge in [0.25, 0.3) is 0 Å². The Hall–Kier alpha value is -3.58. The lowest BCUT2D eigenvalue weighted by atomic mass is 10.0. The summed E-state index contributed by atoms with van der Waals surface area (Å²) >= 11 is 1.37. The number of para-hydroxylation sites is 1. The van der Waals surface area contributed by atoms with Gasteiger partial charge in [-0.3, -0.25) is 9.36 Å². The smallest absolute Gasteiger partial charge is 0.234 e. The molecular weight excluding hydrogens is 456 g/mol. The van der Waals surface area contributed by atoms with Crippen molar-refractivity contribution >= 4 is 23.4 Å². The van der Waals surface area contributed by atoms with E-state index < -0.39 is 0 Å². The van der Waals surface area contributed by atoms with Crippen LogP contribution in [0.2, 0.25) is 0 Å². The third kappa shape index (κ3) is 5.74. The number of aryl methyl sites for hydroxylation is 2. The van der Waals surface area contributed by atoms with Gasteiger partial charge in [-0.1, -0.05) is 74.1 Å². The van der Waals surface area contributed by atoms with Crippen molar-refractivity contribution in [1.82, 2.24) is 14.8 Å². The van der Waals surface area contributed by atoms with Gasteiger partial charge in [0.1, 0.15) is 5.75 Å². The number of nitrogens with zero attached hydrogens (tertiary/aromatic N) is 3. The van der Waals surface area contributed by atoms with Gasteiger partial charge in [0.15, 0.2) is 11.0 Å². The van der Waals surface area contributed by atoms with E-state index in [4.69, 9.17) is 4.74 Å². The number of ether oxygens (including phenoxy) is 1. The predicted molar refractivity (Wildman–Crippen MR) is 143 cm³/mol.